The average Bonchev–Trinajstić information content (AvgIpc) is 3.30. The van der Waals surface area contributed by atoms with Crippen LogP contribution in [-0.4, -0.2) is 59.9 Å². The summed E-state index contributed by atoms with van der Waals surface area (Å²) in [5, 5.41) is 8.85. The summed E-state index contributed by atoms with van der Waals surface area (Å²) in [7, 11) is 0. The zero-order valence-corrected chi connectivity index (χ0v) is 44.2. The van der Waals surface area contributed by atoms with Crippen LogP contribution in [0.2, 0.25) is 0 Å². The van der Waals surface area contributed by atoms with Crippen molar-refractivity contribution in [2.45, 2.75) is 310 Å². The van der Waals surface area contributed by atoms with E-state index in [1.54, 1.807) is 0 Å². The molecule has 0 radical (unpaired) electrons. The number of likely N-dealkylation sites (tertiary alicyclic amines) is 1. The van der Waals surface area contributed by atoms with Gasteiger partial charge in [-0.2, -0.15) is 0 Å². The van der Waals surface area contributed by atoms with Crippen LogP contribution in [-0.2, 0) is 19.1 Å². The molecule has 380 valence electrons. The second kappa shape index (κ2) is 46.7. The fourth-order valence-electron chi connectivity index (χ4n) is 9.80. The highest BCUT2D eigenvalue weighted by molar-refractivity contribution is 5.69. The number of hydrogen-bond donors (Lipinski definition) is 1. The summed E-state index contributed by atoms with van der Waals surface area (Å²) in [5.41, 5.74) is -0.247. The molecule has 1 aliphatic heterocycles. The van der Waals surface area contributed by atoms with E-state index in [0.717, 1.165) is 76.7 Å². The summed E-state index contributed by atoms with van der Waals surface area (Å²) in [4.78, 5) is 25.7. The molecule has 6 nitrogen and oxygen atoms in total. The summed E-state index contributed by atoms with van der Waals surface area (Å²) in [6, 6.07) is 0. The lowest BCUT2D eigenvalue weighted by atomic mass is 9.88. The zero-order valence-electron chi connectivity index (χ0n) is 44.2. The molecule has 0 aromatic rings. The third-order valence-electron chi connectivity index (χ3n) is 14.3. The van der Waals surface area contributed by atoms with Gasteiger partial charge < -0.3 is 19.5 Å². The Morgan fingerprint density at radius 2 is 0.984 bits per heavy atom. The molecule has 1 saturated heterocycles. The predicted molar refractivity (Wildman–Crippen MR) is 279 cm³/mol. The Hall–Kier alpha value is -1.40. The molecule has 1 N–H and O–H groups in total. The predicted octanol–water partition coefficient (Wildman–Crippen LogP) is 18.2. The molecule has 1 rings (SSSR count). The molecule has 0 aromatic carbocycles. The first-order valence-corrected chi connectivity index (χ1v) is 28.6. The maximum atomic E-state index is 12.4. The Kier molecular flexibility index (Phi) is 45.7. The quantitative estimate of drug-likeness (QED) is 0.0373. The summed E-state index contributed by atoms with van der Waals surface area (Å²) in [5.74, 6) is 1.06. The molecule has 0 amide bonds. The van der Waals surface area contributed by atoms with Crippen molar-refractivity contribution in [3.8, 4) is 0 Å². The molecule has 1 fully saturated rings. The van der Waals surface area contributed by atoms with Crippen LogP contribution in [0.25, 0.3) is 0 Å². The van der Waals surface area contributed by atoms with Crippen molar-refractivity contribution in [1.82, 2.24) is 4.90 Å². The Morgan fingerprint density at radius 3 is 1.41 bits per heavy atom. The lowest BCUT2D eigenvalue weighted by Crippen LogP contribution is -2.42. The van der Waals surface area contributed by atoms with Gasteiger partial charge >= 0.3 is 11.9 Å². The van der Waals surface area contributed by atoms with Crippen molar-refractivity contribution in [2.75, 3.05) is 26.2 Å². The van der Waals surface area contributed by atoms with Crippen LogP contribution in [0.1, 0.15) is 298 Å². The van der Waals surface area contributed by atoms with Crippen LogP contribution >= 0.6 is 0 Å². The number of carbonyl (C=O) groups is 2. The molecule has 0 spiro atoms. The largest absolute Gasteiger partial charge is 0.481 e. The van der Waals surface area contributed by atoms with Gasteiger partial charge in [0.2, 0.25) is 0 Å². The summed E-state index contributed by atoms with van der Waals surface area (Å²) < 4.78 is 12.7. The van der Waals surface area contributed by atoms with E-state index in [1.807, 2.05) is 0 Å². The van der Waals surface area contributed by atoms with E-state index in [0.29, 0.717) is 25.4 Å². The van der Waals surface area contributed by atoms with E-state index >= 15 is 0 Å². The van der Waals surface area contributed by atoms with E-state index in [4.69, 9.17) is 14.6 Å². The lowest BCUT2D eigenvalue weighted by molar-refractivity contribution is -0.144. The summed E-state index contributed by atoms with van der Waals surface area (Å²) in [6.45, 7) is 22.1. The van der Waals surface area contributed by atoms with Gasteiger partial charge in [0.25, 0.3) is 0 Å². The van der Waals surface area contributed by atoms with Crippen LogP contribution in [0.15, 0.2) is 12.7 Å². The van der Waals surface area contributed by atoms with Gasteiger partial charge in [-0.1, -0.05) is 240 Å². The monoisotopic (exact) mass is 904 g/mol. The number of carboxylic acid groups (broad SMARTS) is 1. The van der Waals surface area contributed by atoms with Gasteiger partial charge in [0.05, 0.1) is 18.3 Å². The molecule has 64 heavy (non-hydrogen) atoms. The molecular formula is C58H113NO5. The second-order valence-corrected chi connectivity index (χ2v) is 20.3. The molecule has 1 aliphatic rings. The molecule has 2 unspecified atom stereocenters. The van der Waals surface area contributed by atoms with Crippen molar-refractivity contribution in [3.63, 3.8) is 0 Å². The van der Waals surface area contributed by atoms with Gasteiger partial charge in [-0.25, -0.2) is 0 Å². The normalized spacial score (nSPS) is 14.6. The highest BCUT2D eigenvalue weighted by Gasteiger charge is 2.30. The molecule has 0 aliphatic carbocycles. The van der Waals surface area contributed by atoms with Crippen molar-refractivity contribution >= 4 is 11.9 Å². The van der Waals surface area contributed by atoms with Crippen LogP contribution in [0.5, 0.6) is 0 Å². The van der Waals surface area contributed by atoms with Crippen molar-refractivity contribution < 1.29 is 24.2 Å². The number of hydrogen-bond acceptors (Lipinski definition) is 5. The van der Waals surface area contributed by atoms with E-state index in [9.17, 15) is 9.59 Å². The first-order valence-electron chi connectivity index (χ1n) is 28.6. The first kappa shape index (κ1) is 62.6. The topological polar surface area (TPSA) is 76.1 Å². The summed E-state index contributed by atoms with van der Waals surface area (Å²) in [6.07, 6.45) is 50.4. The highest BCUT2D eigenvalue weighted by atomic mass is 16.5. The van der Waals surface area contributed by atoms with Crippen LogP contribution in [0, 0.1) is 11.8 Å². The Labute approximate surface area is 400 Å². The lowest BCUT2D eigenvalue weighted by Gasteiger charge is -2.38. The Bertz CT molecular complexity index is 993. The minimum Gasteiger partial charge on any atom is -0.481 e. The van der Waals surface area contributed by atoms with E-state index in [-0.39, 0.29) is 17.7 Å². The van der Waals surface area contributed by atoms with Gasteiger partial charge in [-0.15, -0.1) is 6.58 Å². The first-order chi connectivity index (χ1) is 31.2. The maximum Gasteiger partial charge on any atom is 0.305 e. The molecule has 0 aromatic heterocycles. The highest BCUT2D eigenvalue weighted by Crippen LogP contribution is 2.31. The maximum absolute atomic E-state index is 12.4. The van der Waals surface area contributed by atoms with Gasteiger partial charge in [0, 0.05) is 19.4 Å². The number of esters is 1. The minimum atomic E-state index is -0.680. The second-order valence-electron chi connectivity index (χ2n) is 20.3. The Morgan fingerprint density at radius 1 is 0.547 bits per heavy atom. The number of aliphatic carboxylic acids is 1. The van der Waals surface area contributed by atoms with E-state index < -0.39 is 5.97 Å². The molecular weight excluding hydrogens is 791 g/mol. The number of carbonyl (C=O) groups excluding carboxylic acids is 1. The zero-order chi connectivity index (χ0) is 47.2. The number of nitrogens with zero attached hydrogens (tertiary/aromatic N) is 1. The summed E-state index contributed by atoms with van der Waals surface area (Å²) >= 11 is 0. The van der Waals surface area contributed by atoms with Crippen LogP contribution in [0.3, 0.4) is 0 Å². The average molecular weight is 905 g/mol. The number of rotatable bonds is 46. The van der Waals surface area contributed by atoms with Gasteiger partial charge in [0.1, 0.15) is 0 Å². The van der Waals surface area contributed by atoms with Crippen LogP contribution < -0.4 is 0 Å². The number of unbranched alkanes of at least 4 members (excludes halogenated alkanes) is 20. The fourth-order valence-corrected chi connectivity index (χ4v) is 9.80. The van der Waals surface area contributed by atoms with Crippen molar-refractivity contribution in [2.24, 2.45) is 11.8 Å². The minimum absolute atomic E-state index is 0.00181. The van der Waals surface area contributed by atoms with Gasteiger partial charge in [0.15, 0.2) is 0 Å². The van der Waals surface area contributed by atoms with Gasteiger partial charge in [-0.3, -0.25) is 9.59 Å². The number of piperidine rings is 1. The molecule has 6 heteroatoms. The van der Waals surface area contributed by atoms with Crippen molar-refractivity contribution in [3.05, 3.63) is 12.7 Å². The van der Waals surface area contributed by atoms with Gasteiger partial charge in [-0.05, 0) is 76.3 Å². The smallest absolute Gasteiger partial charge is 0.305 e. The molecule has 0 bridgehead atoms. The molecule has 2 atom stereocenters. The molecule has 1 heterocycles. The van der Waals surface area contributed by atoms with E-state index in [2.05, 4.69) is 59.1 Å². The van der Waals surface area contributed by atoms with Crippen molar-refractivity contribution in [1.29, 1.82) is 0 Å². The third-order valence-corrected chi connectivity index (χ3v) is 14.3. The third kappa shape index (κ3) is 38.7. The molecule has 0 saturated carbocycles. The fraction of sp³-hybridized carbons (Fsp3) is 0.931. The SMILES string of the molecule is C=CC(CCCCCCCCCC(=O)O)(CCCCCCCCCC(=O)OCCC(CCCCC)CCCCC)OC(CC)CN1CCCCC1.CCCCCC(CC)CCCCC. The Balaban J connectivity index is 0.00000262. The van der Waals surface area contributed by atoms with E-state index in [1.165, 1.54) is 193 Å². The standard InChI is InChI=1S/C45H85NO5.C13H28/c1-5-9-22-30-41(31-23-10-6-2)34-39-50-44(49)33-25-18-14-12-16-20-27-36-45(8-4,35-26-19-15-11-13-17-24-32-43(47)48)51-42(7-3)40-46-37-28-21-29-38-46;1-4-7-9-11-13(6-3)12-10-8-5-2/h8,41-42H,4-7,9-40H2,1-3H3,(H,47,48);13H,4-12H2,1-3H3. The number of ether oxygens (including phenoxy) is 2. The van der Waals surface area contributed by atoms with Crippen LogP contribution in [0.4, 0.5) is 0 Å². The number of carboxylic acids is 1.